The molecule has 2 N–H and O–H groups in total. The van der Waals surface area contributed by atoms with Crippen molar-refractivity contribution in [3.8, 4) is 5.75 Å². The molecule has 108 valence electrons. The van der Waals surface area contributed by atoms with Crippen molar-refractivity contribution in [3.05, 3.63) is 29.3 Å². The summed E-state index contributed by atoms with van der Waals surface area (Å²) in [4.78, 5) is 0. The third-order valence-corrected chi connectivity index (χ3v) is 3.49. The Labute approximate surface area is 118 Å². The van der Waals surface area contributed by atoms with Gasteiger partial charge in [-0.05, 0) is 29.5 Å². The molecule has 0 amide bonds. The second-order valence-corrected chi connectivity index (χ2v) is 7.44. The topological polar surface area (TPSA) is 35.2 Å². The zero-order chi connectivity index (χ0) is 14.8. The summed E-state index contributed by atoms with van der Waals surface area (Å²) >= 11 is 0. The van der Waals surface area contributed by atoms with Crippen LogP contribution in [-0.4, -0.2) is 12.6 Å². The molecule has 0 aliphatic heterocycles. The van der Waals surface area contributed by atoms with Gasteiger partial charge in [0, 0.05) is 12.0 Å². The van der Waals surface area contributed by atoms with E-state index in [9.17, 15) is 0 Å². The first-order chi connectivity index (χ1) is 8.55. The highest BCUT2D eigenvalue weighted by atomic mass is 16.5. The molecule has 0 heterocycles. The van der Waals surface area contributed by atoms with Gasteiger partial charge in [0.2, 0.25) is 0 Å². The van der Waals surface area contributed by atoms with E-state index in [1.807, 2.05) is 0 Å². The molecule has 0 bridgehead atoms. The van der Waals surface area contributed by atoms with Crippen LogP contribution < -0.4 is 10.5 Å². The number of aryl methyl sites for hydroxylation is 1. The number of nitrogens with two attached hydrogens (primary N) is 1. The third-order valence-electron chi connectivity index (χ3n) is 3.49. The largest absolute Gasteiger partial charge is 0.488 e. The SMILES string of the molecule is Cc1cc(C(C)(C)C)ccc1OC(CN)C(C)(C)C. The van der Waals surface area contributed by atoms with Crippen molar-refractivity contribution in [1.82, 2.24) is 0 Å². The van der Waals surface area contributed by atoms with E-state index in [1.165, 1.54) is 11.1 Å². The fourth-order valence-corrected chi connectivity index (χ4v) is 1.98. The predicted octanol–water partition coefficient (Wildman–Crippen LogP) is 4.04. The van der Waals surface area contributed by atoms with Gasteiger partial charge in [-0.2, -0.15) is 0 Å². The highest BCUT2D eigenvalue weighted by Gasteiger charge is 2.26. The summed E-state index contributed by atoms with van der Waals surface area (Å²) in [7, 11) is 0. The monoisotopic (exact) mass is 263 g/mol. The van der Waals surface area contributed by atoms with E-state index >= 15 is 0 Å². The maximum atomic E-state index is 6.10. The van der Waals surface area contributed by atoms with Gasteiger partial charge in [0.15, 0.2) is 0 Å². The van der Waals surface area contributed by atoms with Crippen LogP contribution >= 0.6 is 0 Å². The molecule has 1 aromatic carbocycles. The van der Waals surface area contributed by atoms with Crippen LogP contribution in [0.3, 0.4) is 0 Å². The maximum Gasteiger partial charge on any atom is 0.122 e. The Morgan fingerprint density at radius 1 is 1.11 bits per heavy atom. The minimum atomic E-state index is 0.0340. The Morgan fingerprint density at radius 3 is 2.05 bits per heavy atom. The smallest absolute Gasteiger partial charge is 0.122 e. The normalized spacial score (nSPS) is 14.3. The Kier molecular flexibility index (Phi) is 4.67. The molecule has 0 saturated carbocycles. The summed E-state index contributed by atoms with van der Waals surface area (Å²) in [6.45, 7) is 15.8. The average Bonchev–Trinajstić information content (AvgIpc) is 2.24. The van der Waals surface area contributed by atoms with Crippen molar-refractivity contribution in [2.24, 2.45) is 11.1 Å². The minimum absolute atomic E-state index is 0.0340. The lowest BCUT2D eigenvalue weighted by atomic mass is 9.86. The Morgan fingerprint density at radius 2 is 1.68 bits per heavy atom. The summed E-state index contributed by atoms with van der Waals surface area (Å²) in [5.41, 5.74) is 8.55. The summed E-state index contributed by atoms with van der Waals surface area (Å²) in [6, 6.07) is 6.44. The molecule has 1 rings (SSSR count). The second kappa shape index (κ2) is 5.54. The van der Waals surface area contributed by atoms with Gasteiger partial charge in [0.25, 0.3) is 0 Å². The van der Waals surface area contributed by atoms with E-state index in [1.54, 1.807) is 0 Å². The Bertz CT molecular complexity index is 424. The van der Waals surface area contributed by atoms with Gasteiger partial charge in [-0.25, -0.2) is 0 Å². The van der Waals surface area contributed by atoms with Crippen LogP contribution in [-0.2, 0) is 5.41 Å². The number of rotatable bonds is 3. The molecule has 1 atom stereocenters. The Hall–Kier alpha value is -1.02. The maximum absolute atomic E-state index is 6.10. The zero-order valence-electron chi connectivity index (χ0n) is 13.5. The highest BCUT2D eigenvalue weighted by Crippen LogP contribution is 2.30. The average molecular weight is 263 g/mol. The van der Waals surface area contributed by atoms with Gasteiger partial charge in [-0.3, -0.25) is 0 Å². The molecule has 0 aliphatic carbocycles. The van der Waals surface area contributed by atoms with Crippen LogP contribution in [0.1, 0.15) is 52.7 Å². The molecule has 0 aliphatic rings. The number of ether oxygens (including phenoxy) is 1. The predicted molar refractivity (Wildman–Crippen MR) is 82.8 cm³/mol. The van der Waals surface area contributed by atoms with Crippen LogP contribution in [0, 0.1) is 12.3 Å². The minimum Gasteiger partial charge on any atom is -0.488 e. The van der Waals surface area contributed by atoms with Crippen LogP contribution in [0.15, 0.2) is 18.2 Å². The van der Waals surface area contributed by atoms with Gasteiger partial charge in [-0.1, -0.05) is 53.7 Å². The zero-order valence-corrected chi connectivity index (χ0v) is 13.5. The van der Waals surface area contributed by atoms with Crippen molar-refractivity contribution >= 4 is 0 Å². The van der Waals surface area contributed by atoms with Gasteiger partial charge in [-0.15, -0.1) is 0 Å². The number of hydrogen-bond acceptors (Lipinski definition) is 2. The van der Waals surface area contributed by atoms with E-state index in [0.717, 1.165) is 5.75 Å². The quantitative estimate of drug-likeness (QED) is 0.893. The van der Waals surface area contributed by atoms with E-state index in [4.69, 9.17) is 10.5 Å². The molecule has 0 fully saturated rings. The molecule has 0 aromatic heterocycles. The van der Waals surface area contributed by atoms with Crippen LogP contribution in [0.5, 0.6) is 5.75 Å². The molecule has 2 nitrogen and oxygen atoms in total. The van der Waals surface area contributed by atoms with E-state index in [0.29, 0.717) is 6.54 Å². The molecule has 0 spiro atoms. The molecule has 1 aromatic rings. The van der Waals surface area contributed by atoms with Gasteiger partial charge in [0.1, 0.15) is 11.9 Å². The van der Waals surface area contributed by atoms with Crippen molar-refractivity contribution in [3.63, 3.8) is 0 Å². The lowest BCUT2D eigenvalue weighted by Crippen LogP contribution is -2.38. The van der Waals surface area contributed by atoms with E-state index < -0.39 is 0 Å². The Balaban J connectivity index is 2.98. The molecule has 0 radical (unpaired) electrons. The van der Waals surface area contributed by atoms with Crippen molar-refractivity contribution in [1.29, 1.82) is 0 Å². The highest BCUT2D eigenvalue weighted by molar-refractivity contribution is 5.39. The molecule has 1 unspecified atom stereocenters. The van der Waals surface area contributed by atoms with Gasteiger partial charge >= 0.3 is 0 Å². The van der Waals surface area contributed by atoms with Gasteiger partial charge in [0.05, 0.1) is 0 Å². The molecular formula is C17H29NO. The number of benzene rings is 1. The lowest BCUT2D eigenvalue weighted by molar-refractivity contribution is 0.0934. The molecule has 0 saturated heterocycles. The number of hydrogen-bond donors (Lipinski definition) is 1. The summed E-state index contributed by atoms with van der Waals surface area (Å²) < 4.78 is 6.10. The molecule has 19 heavy (non-hydrogen) atoms. The first kappa shape index (κ1) is 16.0. The van der Waals surface area contributed by atoms with Crippen molar-refractivity contribution < 1.29 is 4.74 Å². The molecular weight excluding hydrogens is 234 g/mol. The first-order valence-corrected chi connectivity index (χ1v) is 7.03. The third kappa shape index (κ3) is 4.24. The lowest BCUT2D eigenvalue weighted by Gasteiger charge is -2.31. The van der Waals surface area contributed by atoms with Crippen molar-refractivity contribution in [2.75, 3.05) is 6.54 Å². The van der Waals surface area contributed by atoms with Crippen molar-refractivity contribution in [2.45, 2.75) is 60.0 Å². The van der Waals surface area contributed by atoms with Crippen LogP contribution in [0.2, 0.25) is 0 Å². The molecule has 2 heteroatoms. The summed E-state index contributed by atoms with van der Waals surface area (Å²) in [6.07, 6.45) is 0.0340. The summed E-state index contributed by atoms with van der Waals surface area (Å²) in [5, 5.41) is 0. The first-order valence-electron chi connectivity index (χ1n) is 7.03. The standard InChI is InChI=1S/C17H29NO/c1-12-10-13(16(2,3)4)8-9-14(12)19-15(11-18)17(5,6)7/h8-10,15H,11,18H2,1-7H3. The van der Waals surface area contributed by atoms with Crippen LogP contribution in [0.4, 0.5) is 0 Å². The van der Waals surface area contributed by atoms with E-state index in [-0.39, 0.29) is 16.9 Å². The fraction of sp³-hybridized carbons (Fsp3) is 0.647. The second-order valence-electron chi connectivity index (χ2n) is 7.44. The van der Waals surface area contributed by atoms with E-state index in [2.05, 4.69) is 66.7 Å². The summed E-state index contributed by atoms with van der Waals surface area (Å²) in [5.74, 6) is 0.943. The van der Waals surface area contributed by atoms with Gasteiger partial charge < -0.3 is 10.5 Å². The van der Waals surface area contributed by atoms with Crippen LogP contribution in [0.25, 0.3) is 0 Å². The fourth-order valence-electron chi connectivity index (χ4n) is 1.98.